The molecule has 2 aromatic carbocycles. The molecule has 0 aliphatic carbocycles. The van der Waals surface area contributed by atoms with E-state index in [0.29, 0.717) is 5.56 Å². The van der Waals surface area contributed by atoms with Crippen LogP contribution in [0.2, 0.25) is 14.8 Å². The van der Waals surface area contributed by atoms with Gasteiger partial charge in [-0.2, -0.15) is 0 Å². The molecule has 3 unspecified atom stereocenters. The van der Waals surface area contributed by atoms with E-state index >= 15 is 0 Å². The Morgan fingerprint density at radius 2 is 1.65 bits per heavy atom. The van der Waals surface area contributed by atoms with E-state index in [4.69, 9.17) is 23.2 Å². The van der Waals surface area contributed by atoms with E-state index in [1.165, 1.54) is 36.4 Å². The molecule has 26 heavy (non-hydrogen) atoms. The van der Waals surface area contributed by atoms with Crippen LogP contribution in [0, 0.1) is 10.1 Å². The van der Waals surface area contributed by atoms with Crippen LogP contribution < -0.4 is 0 Å². The Balaban J connectivity index is 2.27. The molecule has 0 aliphatic rings. The first-order chi connectivity index (χ1) is 12.2. The van der Waals surface area contributed by atoms with Gasteiger partial charge in [0.2, 0.25) is 0 Å². The number of aliphatic carboxylic acids is 1. The summed E-state index contributed by atoms with van der Waals surface area (Å²) >= 11 is 10.4. The molecule has 0 amide bonds. The summed E-state index contributed by atoms with van der Waals surface area (Å²) < 4.78 is -1.25. The third-order valence-electron chi connectivity index (χ3n) is 3.87. The number of carbonyl (C=O) groups is 2. The summed E-state index contributed by atoms with van der Waals surface area (Å²) in [6, 6.07) is 10.3. The Morgan fingerprint density at radius 3 is 2.12 bits per heavy atom. The van der Waals surface area contributed by atoms with Crippen molar-refractivity contribution >= 4 is 55.2 Å². The second kappa shape index (κ2) is 8.67. The van der Waals surface area contributed by atoms with Crippen LogP contribution in [-0.2, 0) is 4.79 Å². The minimum absolute atomic E-state index is 0.0808. The number of benzene rings is 2. The molecule has 136 valence electrons. The van der Waals surface area contributed by atoms with Crippen molar-refractivity contribution in [3.63, 3.8) is 0 Å². The van der Waals surface area contributed by atoms with Gasteiger partial charge in [-0.25, -0.2) is 0 Å². The number of non-ortho nitro benzene ring substituents is 1. The average Bonchev–Trinajstić information content (AvgIpc) is 2.58. The molecular weight excluding hydrogens is 444 g/mol. The molecule has 9 heteroatoms. The second-order valence-corrected chi connectivity index (χ2v) is 9.20. The zero-order valence-electron chi connectivity index (χ0n) is 13.5. The number of halogens is 2. The van der Waals surface area contributed by atoms with Crippen molar-refractivity contribution in [1.82, 2.24) is 0 Å². The van der Waals surface area contributed by atoms with Crippen LogP contribution in [0.1, 0.15) is 28.8 Å². The molecule has 0 heterocycles. The van der Waals surface area contributed by atoms with Crippen molar-refractivity contribution in [1.29, 1.82) is 0 Å². The third-order valence-corrected chi connectivity index (χ3v) is 7.80. The number of rotatable bonds is 7. The van der Waals surface area contributed by atoms with Gasteiger partial charge in [0, 0.05) is 0 Å². The fraction of sp³-hybridized carbons (Fsp3) is 0.176. The van der Waals surface area contributed by atoms with Gasteiger partial charge in [-0.3, -0.25) is 0 Å². The van der Waals surface area contributed by atoms with E-state index in [-0.39, 0.29) is 25.9 Å². The number of carboxylic acid groups (broad SMARTS) is 1. The maximum absolute atomic E-state index is 12.6. The van der Waals surface area contributed by atoms with Crippen molar-refractivity contribution in [3.8, 4) is 0 Å². The maximum atomic E-state index is 12.6. The molecule has 0 saturated carbocycles. The average molecular weight is 458 g/mol. The molecule has 1 N–H and O–H groups in total. The quantitative estimate of drug-likeness (QED) is 0.382. The van der Waals surface area contributed by atoms with Crippen LogP contribution >= 0.6 is 23.2 Å². The summed E-state index contributed by atoms with van der Waals surface area (Å²) in [5.74, 6) is -1.58. The van der Waals surface area contributed by atoms with Gasteiger partial charge in [0.15, 0.2) is 0 Å². The summed E-state index contributed by atoms with van der Waals surface area (Å²) in [4.78, 5) is 34.6. The van der Waals surface area contributed by atoms with Crippen molar-refractivity contribution in [2.45, 2.75) is 17.5 Å². The number of nitro benzene ring substituents is 1. The summed E-state index contributed by atoms with van der Waals surface area (Å²) in [5, 5.41) is 20.7. The van der Waals surface area contributed by atoms with E-state index in [0.717, 1.165) is 0 Å². The number of nitrogens with zero attached hydrogens (tertiary/aromatic N) is 1. The number of hydrogen-bond donors (Lipinski definition) is 1. The first kappa shape index (κ1) is 20.4. The number of carboxylic acids is 1. The number of carbonyl (C=O) groups excluding carboxylic acids is 1. The van der Waals surface area contributed by atoms with Crippen molar-refractivity contribution in [2.24, 2.45) is 0 Å². The fourth-order valence-electron chi connectivity index (χ4n) is 2.42. The molecule has 0 spiro atoms. The van der Waals surface area contributed by atoms with Gasteiger partial charge in [-0.1, -0.05) is 0 Å². The van der Waals surface area contributed by atoms with Gasteiger partial charge in [-0.05, 0) is 0 Å². The molecule has 2 rings (SSSR count). The summed E-state index contributed by atoms with van der Waals surface area (Å²) in [6.45, 7) is 1.69. The van der Waals surface area contributed by atoms with E-state index in [9.17, 15) is 24.8 Å². The Hall–Kier alpha value is -1.88. The zero-order valence-corrected chi connectivity index (χ0v) is 17.1. The van der Waals surface area contributed by atoms with Crippen LogP contribution in [0.15, 0.2) is 42.5 Å². The molecular formula is C17H14AsCl2NO5. The first-order valence-corrected chi connectivity index (χ1v) is 10.5. The molecule has 0 bridgehead atoms. The van der Waals surface area contributed by atoms with Gasteiger partial charge < -0.3 is 0 Å². The van der Waals surface area contributed by atoms with Crippen LogP contribution in [0.3, 0.4) is 0 Å². The zero-order chi connectivity index (χ0) is 19.4. The Morgan fingerprint density at radius 1 is 1.12 bits per heavy atom. The van der Waals surface area contributed by atoms with Crippen LogP contribution in [-0.4, -0.2) is 36.3 Å². The third kappa shape index (κ3) is 4.64. The number of hydrogen-bond acceptors (Lipinski definition) is 4. The molecule has 6 nitrogen and oxygen atoms in total. The normalized spacial score (nSPS) is 13.5. The molecule has 2 aromatic rings. The predicted octanol–water partition coefficient (Wildman–Crippen LogP) is 4.16. The molecule has 0 aromatic heterocycles. The van der Waals surface area contributed by atoms with E-state index in [1.54, 1.807) is 13.0 Å². The fourth-order valence-corrected chi connectivity index (χ4v) is 5.97. The molecule has 0 saturated heterocycles. The van der Waals surface area contributed by atoms with E-state index in [2.05, 4.69) is 0 Å². The minimum atomic E-state index is -1.65. The van der Waals surface area contributed by atoms with E-state index in [1.807, 2.05) is 0 Å². The second-order valence-electron chi connectivity index (χ2n) is 5.52. The molecule has 0 fully saturated rings. The van der Waals surface area contributed by atoms with Gasteiger partial charge in [0.05, 0.1) is 0 Å². The van der Waals surface area contributed by atoms with Gasteiger partial charge in [-0.15, -0.1) is 0 Å². The van der Waals surface area contributed by atoms with Crippen molar-refractivity contribution in [2.75, 3.05) is 0 Å². The van der Waals surface area contributed by atoms with Crippen LogP contribution in [0.25, 0.3) is 0 Å². The topological polar surface area (TPSA) is 97.5 Å². The van der Waals surface area contributed by atoms with Crippen molar-refractivity contribution < 1.29 is 19.6 Å². The summed E-state index contributed by atoms with van der Waals surface area (Å²) in [7, 11) is 0. The van der Waals surface area contributed by atoms with Crippen molar-refractivity contribution in [3.05, 3.63) is 73.8 Å². The Bertz CT molecular complexity index is 836. The standard InChI is InChI=1S/C17H14AsCl2NO5/c1-9(10-5-7-11(8-6-10)21(25)26)15(17(23)24)18-16(22)14-12(19)3-2-4-13(14)20/h2-9,15,18H,1H3,(H,23,24). The summed E-state index contributed by atoms with van der Waals surface area (Å²) in [5.41, 5.74) is 0.686. The van der Waals surface area contributed by atoms with Gasteiger partial charge in [0.1, 0.15) is 0 Å². The van der Waals surface area contributed by atoms with E-state index < -0.39 is 37.3 Å². The van der Waals surface area contributed by atoms with Crippen LogP contribution in [0.4, 0.5) is 5.69 Å². The van der Waals surface area contributed by atoms with Gasteiger partial charge >= 0.3 is 166 Å². The number of nitro groups is 1. The van der Waals surface area contributed by atoms with Crippen LogP contribution in [0.5, 0.6) is 0 Å². The molecule has 0 radical (unpaired) electrons. The molecule has 3 atom stereocenters. The first-order valence-electron chi connectivity index (χ1n) is 7.44. The molecule has 0 aliphatic heterocycles. The predicted molar refractivity (Wildman–Crippen MR) is 101 cm³/mol. The van der Waals surface area contributed by atoms with Gasteiger partial charge in [0.25, 0.3) is 0 Å². The summed E-state index contributed by atoms with van der Waals surface area (Å²) in [6.07, 6.45) is 0. The SMILES string of the molecule is CC(c1ccc([N+](=O)[O-])cc1)C([AsH]C(=O)c1c(Cl)cccc1Cl)C(=O)O. The Kier molecular flexibility index (Phi) is 6.81. The Labute approximate surface area is 166 Å². The monoisotopic (exact) mass is 457 g/mol.